The van der Waals surface area contributed by atoms with E-state index < -0.39 is 0 Å². The van der Waals surface area contributed by atoms with Crippen LogP contribution in [0.3, 0.4) is 0 Å². The molecule has 17 heavy (non-hydrogen) atoms. The highest BCUT2D eigenvalue weighted by Gasteiger charge is 1.97. The molecule has 0 spiro atoms. The Morgan fingerprint density at radius 3 is 2.00 bits per heavy atom. The van der Waals surface area contributed by atoms with E-state index in [1.165, 1.54) is 5.56 Å². The van der Waals surface area contributed by atoms with Crippen LogP contribution in [-0.2, 0) is 12.4 Å². The number of rotatable bonds is 4. The molecule has 2 rings (SSSR count). The lowest BCUT2D eigenvalue weighted by Crippen LogP contribution is -1.85. The molecule has 0 aromatic heterocycles. The standard InChI is InChI=1S/C14H14O2S/c15-9-11-1-3-12(4-2-11)10-17-14-7-5-13(16)6-8-14/h1-8,15-16H,9-10H2. The first-order valence-corrected chi connectivity index (χ1v) is 6.37. The van der Waals surface area contributed by atoms with Gasteiger partial charge in [0.2, 0.25) is 0 Å². The molecule has 0 bridgehead atoms. The smallest absolute Gasteiger partial charge is 0.115 e. The minimum atomic E-state index is 0.0887. The summed E-state index contributed by atoms with van der Waals surface area (Å²) in [5.74, 6) is 1.18. The molecule has 2 N–H and O–H groups in total. The van der Waals surface area contributed by atoms with E-state index in [4.69, 9.17) is 10.2 Å². The Labute approximate surface area is 105 Å². The average molecular weight is 246 g/mol. The highest BCUT2D eigenvalue weighted by atomic mass is 32.2. The average Bonchev–Trinajstić information content (AvgIpc) is 2.39. The lowest BCUT2D eigenvalue weighted by atomic mass is 10.2. The summed E-state index contributed by atoms with van der Waals surface area (Å²) in [7, 11) is 0. The molecule has 0 fully saturated rings. The van der Waals surface area contributed by atoms with Gasteiger partial charge in [0, 0.05) is 10.6 Å². The van der Waals surface area contributed by atoms with Gasteiger partial charge in [-0.3, -0.25) is 0 Å². The van der Waals surface area contributed by atoms with Gasteiger partial charge in [0.25, 0.3) is 0 Å². The number of hydrogen-bond acceptors (Lipinski definition) is 3. The molecule has 2 aromatic carbocycles. The summed E-state index contributed by atoms with van der Waals surface area (Å²) in [6.07, 6.45) is 0. The van der Waals surface area contributed by atoms with Gasteiger partial charge in [0.1, 0.15) is 5.75 Å². The van der Waals surface area contributed by atoms with Crippen LogP contribution in [0.2, 0.25) is 0 Å². The molecule has 0 unspecified atom stereocenters. The number of benzene rings is 2. The first-order chi connectivity index (χ1) is 8.28. The molecule has 0 aliphatic heterocycles. The molecule has 88 valence electrons. The molecule has 2 nitrogen and oxygen atoms in total. The second-order valence-corrected chi connectivity index (χ2v) is 4.81. The third kappa shape index (κ3) is 3.51. The van der Waals surface area contributed by atoms with E-state index in [9.17, 15) is 0 Å². The van der Waals surface area contributed by atoms with Crippen LogP contribution >= 0.6 is 11.8 Å². The van der Waals surface area contributed by atoms with Crippen molar-refractivity contribution >= 4 is 11.8 Å². The van der Waals surface area contributed by atoms with E-state index in [1.54, 1.807) is 23.9 Å². The molecule has 0 amide bonds. The summed E-state index contributed by atoms with van der Waals surface area (Å²) in [4.78, 5) is 1.13. The van der Waals surface area contributed by atoms with Crippen molar-refractivity contribution in [3.8, 4) is 5.75 Å². The third-order valence-corrected chi connectivity index (χ3v) is 3.53. The van der Waals surface area contributed by atoms with Crippen LogP contribution in [0.15, 0.2) is 53.4 Å². The number of hydrogen-bond donors (Lipinski definition) is 2. The highest BCUT2D eigenvalue weighted by Crippen LogP contribution is 2.24. The normalized spacial score (nSPS) is 10.4. The number of thioether (sulfide) groups is 1. The molecule has 0 aliphatic rings. The zero-order valence-electron chi connectivity index (χ0n) is 9.34. The second-order valence-electron chi connectivity index (χ2n) is 3.76. The Kier molecular flexibility index (Phi) is 4.07. The zero-order valence-corrected chi connectivity index (χ0v) is 10.2. The quantitative estimate of drug-likeness (QED) is 0.814. The van der Waals surface area contributed by atoms with Crippen molar-refractivity contribution in [3.63, 3.8) is 0 Å². The van der Waals surface area contributed by atoms with Gasteiger partial charge in [-0.2, -0.15) is 0 Å². The minimum absolute atomic E-state index is 0.0887. The van der Waals surface area contributed by atoms with Crippen LogP contribution in [0.1, 0.15) is 11.1 Å². The maximum absolute atomic E-state index is 9.17. The number of aliphatic hydroxyl groups excluding tert-OH is 1. The molecule has 0 radical (unpaired) electrons. The molecule has 0 heterocycles. The van der Waals surface area contributed by atoms with Crippen LogP contribution in [0.25, 0.3) is 0 Å². The first-order valence-electron chi connectivity index (χ1n) is 5.38. The molecule has 0 saturated heterocycles. The fourth-order valence-corrected chi connectivity index (χ4v) is 2.30. The van der Waals surface area contributed by atoms with Gasteiger partial charge in [-0.05, 0) is 35.4 Å². The summed E-state index contributed by atoms with van der Waals surface area (Å²) in [5.41, 5.74) is 2.16. The minimum Gasteiger partial charge on any atom is -0.508 e. The van der Waals surface area contributed by atoms with E-state index >= 15 is 0 Å². The van der Waals surface area contributed by atoms with Crippen LogP contribution in [-0.4, -0.2) is 10.2 Å². The van der Waals surface area contributed by atoms with Gasteiger partial charge in [0.15, 0.2) is 0 Å². The van der Waals surface area contributed by atoms with Crippen molar-refractivity contribution in [3.05, 3.63) is 59.7 Å². The zero-order chi connectivity index (χ0) is 12.1. The van der Waals surface area contributed by atoms with E-state index in [-0.39, 0.29) is 6.61 Å². The molecule has 2 aromatic rings. The van der Waals surface area contributed by atoms with Crippen molar-refractivity contribution in [2.75, 3.05) is 0 Å². The van der Waals surface area contributed by atoms with Gasteiger partial charge in [-0.1, -0.05) is 24.3 Å². The van der Waals surface area contributed by atoms with Gasteiger partial charge in [0.05, 0.1) is 6.61 Å². The molecule has 3 heteroatoms. The largest absolute Gasteiger partial charge is 0.508 e. The molecule has 0 aliphatic carbocycles. The number of aromatic hydroxyl groups is 1. The first kappa shape index (κ1) is 12.0. The maximum atomic E-state index is 9.17. The number of phenolic OH excluding ortho intramolecular Hbond substituents is 1. The monoisotopic (exact) mass is 246 g/mol. The Morgan fingerprint density at radius 1 is 0.824 bits per heavy atom. The summed E-state index contributed by atoms with van der Waals surface area (Å²) in [6.45, 7) is 0.0887. The fourth-order valence-electron chi connectivity index (χ4n) is 1.45. The molecule has 0 atom stereocenters. The van der Waals surface area contributed by atoms with Crippen molar-refractivity contribution in [1.82, 2.24) is 0 Å². The summed E-state index contributed by atoms with van der Waals surface area (Å²) < 4.78 is 0. The van der Waals surface area contributed by atoms with Crippen LogP contribution in [0.4, 0.5) is 0 Å². The van der Waals surface area contributed by atoms with Crippen LogP contribution in [0, 0.1) is 0 Å². The maximum Gasteiger partial charge on any atom is 0.115 e. The summed E-state index contributed by atoms with van der Waals surface area (Å²) >= 11 is 1.72. The Hall–Kier alpha value is -1.45. The predicted octanol–water partition coefficient (Wildman–Crippen LogP) is 3.18. The summed E-state index contributed by atoms with van der Waals surface area (Å²) in [5, 5.41) is 18.1. The fraction of sp³-hybridized carbons (Fsp3) is 0.143. The van der Waals surface area contributed by atoms with Gasteiger partial charge in [-0.15, -0.1) is 11.8 Å². The highest BCUT2D eigenvalue weighted by molar-refractivity contribution is 7.98. The van der Waals surface area contributed by atoms with E-state index in [0.29, 0.717) is 5.75 Å². The Bertz CT molecular complexity index is 463. The van der Waals surface area contributed by atoms with Crippen molar-refractivity contribution in [2.45, 2.75) is 17.3 Å². The molecular formula is C14H14O2S. The van der Waals surface area contributed by atoms with Crippen molar-refractivity contribution in [2.24, 2.45) is 0 Å². The van der Waals surface area contributed by atoms with E-state index in [1.807, 2.05) is 36.4 Å². The predicted molar refractivity (Wildman–Crippen MR) is 70.0 cm³/mol. The lowest BCUT2D eigenvalue weighted by molar-refractivity contribution is 0.282. The topological polar surface area (TPSA) is 40.5 Å². The van der Waals surface area contributed by atoms with E-state index in [0.717, 1.165) is 16.2 Å². The Balaban J connectivity index is 1.95. The van der Waals surface area contributed by atoms with Crippen molar-refractivity contribution in [1.29, 1.82) is 0 Å². The SMILES string of the molecule is OCc1ccc(CSc2ccc(O)cc2)cc1. The van der Waals surface area contributed by atoms with Gasteiger partial charge in [-0.25, -0.2) is 0 Å². The van der Waals surface area contributed by atoms with Gasteiger partial charge < -0.3 is 10.2 Å². The van der Waals surface area contributed by atoms with Crippen molar-refractivity contribution < 1.29 is 10.2 Å². The van der Waals surface area contributed by atoms with E-state index in [2.05, 4.69) is 0 Å². The summed E-state index contributed by atoms with van der Waals surface area (Å²) in [6, 6.07) is 15.1. The Morgan fingerprint density at radius 2 is 1.41 bits per heavy atom. The van der Waals surface area contributed by atoms with Crippen LogP contribution in [0.5, 0.6) is 5.75 Å². The number of aliphatic hydroxyl groups is 1. The second kappa shape index (κ2) is 5.75. The molecule has 0 saturated carbocycles. The van der Waals surface area contributed by atoms with Crippen LogP contribution < -0.4 is 0 Å². The number of phenols is 1. The third-order valence-electron chi connectivity index (χ3n) is 2.45. The molecular weight excluding hydrogens is 232 g/mol. The van der Waals surface area contributed by atoms with Gasteiger partial charge >= 0.3 is 0 Å². The lowest BCUT2D eigenvalue weighted by Gasteiger charge is -2.03.